The minimum atomic E-state index is -0.153. The average Bonchev–Trinajstić information content (AvgIpc) is 2.89. The van der Waals surface area contributed by atoms with Crippen molar-refractivity contribution in [1.29, 1.82) is 0 Å². The van der Waals surface area contributed by atoms with E-state index in [1.54, 1.807) is 29.2 Å². The van der Waals surface area contributed by atoms with Crippen LogP contribution in [0.1, 0.15) is 23.7 Å². The largest absolute Gasteiger partial charge is 0.352 e. The van der Waals surface area contributed by atoms with Gasteiger partial charge in [0.25, 0.3) is 5.91 Å². The smallest absolute Gasteiger partial charge is 0.254 e. The molecule has 0 unspecified atom stereocenters. The molecule has 0 saturated carbocycles. The minimum Gasteiger partial charge on any atom is -0.352 e. The number of anilines is 1. The van der Waals surface area contributed by atoms with Gasteiger partial charge in [-0.05, 0) is 42.8 Å². The van der Waals surface area contributed by atoms with Crippen molar-refractivity contribution in [3.63, 3.8) is 0 Å². The molecule has 0 atom stereocenters. The van der Waals surface area contributed by atoms with Crippen LogP contribution in [0.3, 0.4) is 0 Å². The molecule has 8 heteroatoms. The van der Waals surface area contributed by atoms with Crippen LogP contribution >= 0.6 is 11.6 Å². The van der Waals surface area contributed by atoms with Crippen molar-refractivity contribution >= 4 is 29.2 Å². The van der Waals surface area contributed by atoms with Crippen molar-refractivity contribution in [2.45, 2.75) is 13.3 Å². The minimum absolute atomic E-state index is 0.0408. The van der Waals surface area contributed by atoms with Gasteiger partial charge in [-0.2, -0.15) is 0 Å². The molecule has 1 aliphatic rings. The van der Waals surface area contributed by atoms with Crippen molar-refractivity contribution in [1.82, 2.24) is 20.0 Å². The Labute approximate surface area is 205 Å². The molecule has 7 nitrogen and oxygen atoms in total. The predicted molar refractivity (Wildman–Crippen MR) is 134 cm³/mol. The van der Waals surface area contributed by atoms with E-state index in [1.807, 2.05) is 54.3 Å². The third-order valence-electron chi connectivity index (χ3n) is 5.87. The van der Waals surface area contributed by atoms with Gasteiger partial charge in [-0.3, -0.25) is 9.59 Å². The van der Waals surface area contributed by atoms with Crippen LogP contribution in [0.4, 0.5) is 5.82 Å². The Kier molecular flexibility index (Phi) is 7.75. The van der Waals surface area contributed by atoms with Crippen LogP contribution in [0.15, 0.2) is 66.7 Å². The molecule has 0 radical (unpaired) electrons. The van der Waals surface area contributed by atoms with Crippen LogP contribution in [0, 0.1) is 0 Å². The first-order valence-corrected chi connectivity index (χ1v) is 11.9. The number of hydrogen-bond donors (Lipinski definition) is 0. The van der Waals surface area contributed by atoms with E-state index in [-0.39, 0.29) is 18.4 Å². The fourth-order valence-electron chi connectivity index (χ4n) is 4.00. The van der Waals surface area contributed by atoms with E-state index in [2.05, 4.69) is 15.1 Å². The Hall–Kier alpha value is -3.45. The maximum absolute atomic E-state index is 13.0. The molecule has 2 aromatic carbocycles. The van der Waals surface area contributed by atoms with Crippen molar-refractivity contribution in [3.8, 4) is 11.3 Å². The van der Waals surface area contributed by atoms with E-state index >= 15 is 0 Å². The molecule has 0 spiro atoms. The highest BCUT2D eigenvalue weighted by molar-refractivity contribution is 6.30. The lowest BCUT2D eigenvalue weighted by Crippen LogP contribution is -2.52. The molecule has 1 fully saturated rings. The van der Waals surface area contributed by atoms with Crippen molar-refractivity contribution in [2.24, 2.45) is 0 Å². The van der Waals surface area contributed by atoms with Crippen molar-refractivity contribution < 1.29 is 9.59 Å². The lowest BCUT2D eigenvalue weighted by atomic mass is 10.1. The second-order valence-electron chi connectivity index (χ2n) is 8.24. The van der Waals surface area contributed by atoms with Crippen molar-refractivity contribution in [2.75, 3.05) is 44.2 Å². The molecule has 2 amide bonds. The molecule has 1 aliphatic heterocycles. The van der Waals surface area contributed by atoms with Gasteiger partial charge in [0.15, 0.2) is 5.82 Å². The maximum atomic E-state index is 13.0. The Balaban J connectivity index is 1.33. The van der Waals surface area contributed by atoms with E-state index in [0.717, 1.165) is 23.5 Å². The van der Waals surface area contributed by atoms with Gasteiger partial charge in [-0.15, -0.1) is 10.2 Å². The molecule has 176 valence electrons. The first kappa shape index (κ1) is 23.7. The fraction of sp³-hybridized carbons (Fsp3) is 0.308. The topological polar surface area (TPSA) is 69.6 Å². The first-order valence-electron chi connectivity index (χ1n) is 11.5. The number of halogens is 1. The van der Waals surface area contributed by atoms with Crippen LogP contribution in [-0.2, 0) is 4.79 Å². The summed E-state index contributed by atoms with van der Waals surface area (Å²) in [5.74, 6) is 0.609. The third kappa shape index (κ3) is 5.72. The quantitative estimate of drug-likeness (QED) is 0.514. The summed E-state index contributed by atoms with van der Waals surface area (Å²) in [4.78, 5) is 31.5. The van der Waals surface area contributed by atoms with Gasteiger partial charge in [0.2, 0.25) is 5.91 Å². The number of hydrogen-bond acceptors (Lipinski definition) is 5. The van der Waals surface area contributed by atoms with Gasteiger partial charge in [-0.25, -0.2) is 0 Å². The number of rotatable bonds is 7. The second-order valence-corrected chi connectivity index (χ2v) is 8.68. The zero-order chi connectivity index (χ0) is 23.9. The number of piperazine rings is 1. The Morgan fingerprint density at radius 2 is 1.62 bits per heavy atom. The van der Waals surface area contributed by atoms with Gasteiger partial charge in [0.05, 0.1) is 5.69 Å². The molecule has 0 bridgehead atoms. The van der Waals surface area contributed by atoms with Crippen LogP contribution in [0.5, 0.6) is 0 Å². The molecule has 3 aromatic rings. The SMILES string of the molecule is CCCN(CC(=O)N1CCN(c2ccc(-c3ccccc3)nn2)CC1)C(=O)c1ccc(Cl)cc1. The maximum Gasteiger partial charge on any atom is 0.254 e. The van der Waals surface area contributed by atoms with Crippen LogP contribution in [-0.4, -0.2) is 71.1 Å². The van der Waals surface area contributed by atoms with E-state index in [9.17, 15) is 9.59 Å². The second kappa shape index (κ2) is 11.1. The summed E-state index contributed by atoms with van der Waals surface area (Å²) < 4.78 is 0. The molecule has 1 saturated heterocycles. The molecule has 4 rings (SSSR count). The zero-order valence-electron chi connectivity index (χ0n) is 19.2. The lowest BCUT2D eigenvalue weighted by molar-refractivity contribution is -0.132. The Bertz CT molecular complexity index is 1100. The molecular formula is C26H28ClN5O2. The monoisotopic (exact) mass is 477 g/mol. The molecule has 0 aliphatic carbocycles. The number of carbonyl (C=O) groups excluding carboxylic acids is 2. The van der Waals surface area contributed by atoms with Crippen LogP contribution < -0.4 is 4.90 Å². The van der Waals surface area contributed by atoms with Gasteiger partial charge in [-0.1, -0.05) is 48.9 Å². The van der Waals surface area contributed by atoms with E-state index in [0.29, 0.717) is 43.3 Å². The fourth-order valence-corrected chi connectivity index (χ4v) is 4.13. The standard InChI is InChI=1S/C26H28ClN5O2/c1-2-14-32(26(34)21-8-10-22(27)11-9-21)19-25(33)31-17-15-30(16-18-31)24-13-12-23(28-29-24)20-6-4-3-5-7-20/h3-13H,2,14-19H2,1H3. The van der Waals surface area contributed by atoms with Gasteiger partial charge in [0, 0.05) is 48.9 Å². The Morgan fingerprint density at radius 3 is 2.24 bits per heavy atom. The first-order chi connectivity index (χ1) is 16.5. The van der Waals surface area contributed by atoms with E-state index in [1.165, 1.54) is 0 Å². The summed E-state index contributed by atoms with van der Waals surface area (Å²) in [7, 11) is 0. The van der Waals surface area contributed by atoms with E-state index in [4.69, 9.17) is 11.6 Å². The van der Waals surface area contributed by atoms with Crippen LogP contribution in [0.25, 0.3) is 11.3 Å². The third-order valence-corrected chi connectivity index (χ3v) is 6.13. The summed E-state index contributed by atoms with van der Waals surface area (Å²) in [5.41, 5.74) is 2.40. The predicted octanol–water partition coefficient (Wildman–Crippen LogP) is 4.00. The molecule has 34 heavy (non-hydrogen) atoms. The summed E-state index contributed by atoms with van der Waals surface area (Å²) >= 11 is 5.94. The number of aromatic nitrogens is 2. The van der Waals surface area contributed by atoms with Gasteiger partial charge < -0.3 is 14.7 Å². The van der Waals surface area contributed by atoms with Crippen LogP contribution in [0.2, 0.25) is 5.02 Å². The molecule has 2 heterocycles. The highest BCUT2D eigenvalue weighted by atomic mass is 35.5. The highest BCUT2D eigenvalue weighted by Crippen LogP contribution is 2.19. The number of nitrogens with zero attached hydrogens (tertiary/aromatic N) is 5. The lowest BCUT2D eigenvalue weighted by Gasteiger charge is -2.36. The van der Waals surface area contributed by atoms with E-state index < -0.39 is 0 Å². The molecular weight excluding hydrogens is 450 g/mol. The number of amides is 2. The zero-order valence-corrected chi connectivity index (χ0v) is 20.0. The summed E-state index contributed by atoms with van der Waals surface area (Å²) in [5, 5.41) is 9.34. The number of carbonyl (C=O) groups is 2. The molecule has 0 N–H and O–H groups in total. The normalized spacial score (nSPS) is 13.6. The summed E-state index contributed by atoms with van der Waals surface area (Å²) in [6.07, 6.45) is 0.776. The van der Waals surface area contributed by atoms with Gasteiger partial charge >= 0.3 is 0 Å². The average molecular weight is 478 g/mol. The Morgan fingerprint density at radius 1 is 0.912 bits per heavy atom. The van der Waals surface area contributed by atoms with Crippen molar-refractivity contribution in [3.05, 3.63) is 77.3 Å². The highest BCUT2D eigenvalue weighted by Gasteiger charge is 2.25. The van der Waals surface area contributed by atoms with Gasteiger partial charge in [0.1, 0.15) is 6.54 Å². The molecule has 1 aromatic heterocycles. The summed E-state index contributed by atoms with van der Waals surface area (Å²) in [6.45, 7) is 5.09. The number of benzene rings is 2. The summed E-state index contributed by atoms with van der Waals surface area (Å²) in [6, 6.07) is 20.7.